The van der Waals surface area contributed by atoms with Gasteiger partial charge in [0.25, 0.3) is 0 Å². The molecule has 0 atom stereocenters. The summed E-state index contributed by atoms with van der Waals surface area (Å²) in [4.78, 5) is 29.7. The van der Waals surface area contributed by atoms with Gasteiger partial charge in [-0.1, -0.05) is 72.3 Å². The molecule has 0 bridgehead atoms. The fourth-order valence-electron chi connectivity index (χ4n) is 4.78. The maximum Gasteiger partial charge on any atom is 0.242 e. The predicted molar refractivity (Wildman–Crippen MR) is 136 cm³/mol. The van der Waals surface area contributed by atoms with Crippen LogP contribution in [0.15, 0.2) is 95.9 Å². The van der Waals surface area contributed by atoms with Crippen molar-refractivity contribution < 1.29 is 4.79 Å². The summed E-state index contributed by atoms with van der Waals surface area (Å²) < 4.78 is 1.81. The number of pyridine rings is 1. The van der Waals surface area contributed by atoms with E-state index in [1.54, 1.807) is 24.4 Å². The minimum atomic E-state index is -0.0724. The Balaban J connectivity index is 1.32. The van der Waals surface area contributed by atoms with E-state index in [1.807, 2.05) is 21.6 Å². The van der Waals surface area contributed by atoms with Crippen molar-refractivity contribution >= 4 is 28.4 Å². The quantitative estimate of drug-likeness (QED) is 0.427. The van der Waals surface area contributed by atoms with Crippen LogP contribution in [-0.2, 0) is 11.3 Å². The van der Waals surface area contributed by atoms with Crippen LogP contribution in [0.3, 0.4) is 0 Å². The lowest BCUT2D eigenvalue weighted by molar-refractivity contribution is -0.133. The zero-order valence-corrected chi connectivity index (χ0v) is 19.6. The molecule has 5 rings (SSSR count). The molecule has 2 heterocycles. The minimum absolute atomic E-state index is 0.0422. The van der Waals surface area contributed by atoms with Gasteiger partial charge in [-0.15, -0.1) is 0 Å². The Kier molecular flexibility index (Phi) is 6.48. The topological polar surface area (TPSA) is 45.6 Å². The van der Waals surface area contributed by atoms with Gasteiger partial charge in [-0.3, -0.25) is 14.5 Å². The van der Waals surface area contributed by atoms with Gasteiger partial charge in [0.05, 0.1) is 11.6 Å². The van der Waals surface area contributed by atoms with E-state index in [2.05, 4.69) is 53.4 Å². The average Bonchev–Trinajstić information content (AvgIpc) is 2.87. The van der Waals surface area contributed by atoms with Gasteiger partial charge in [-0.05, 0) is 29.3 Å². The van der Waals surface area contributed by atoms with Gasteiger partial charge in [-0.2, -0.15) is 0 Å². The van der Waals surface area contributed by atoms with Crippen molar-refractivity contribution in [2.24, 2.45) is 0 Å². The molecule has 1 saturated heterocycles. The average molecular weight is 472 g/mol. The number of carbonyl (C=O) groups is 1. The van der Waals surface area contributed by atoms with Gasteiger partial charge < -0.3 is 9.47 Å². The van der Waals surface area contributed by atoms with Crippen LogP contribution in [0.2, 0.25) is 5.02 Å². The van der Waals surface area contributed by atoms with E-state index in [1.165, 1.54) is 17.2 Å². The Bertz CT molecular complexity index is 1310. The molecule has 1 amide bonds. The molecule has 0 radical (unpaired) electrons. The van der Waals surface area contributed by atoms with E-state index in [4.69, 9.17) is 11.6 Å². The molecular formula is C28H26ClN3O2. The number of nitrogens with zero attached hydrogens (tertiary/aromatic N) is 3. The van der Waals surface area contributed by atoms with Crippen LogP contribution in [0.4, 0.5) is 0 Å². The molecule has 1 fully saturated rings. The van der Waals surface area contributed by atoms with Crippen molar-refractivity contribution in [1.82, 2.24) is 14.4 Å². The van der Waals surface area contributed by atoms with Crippen LogP contribution in [0.25, 0.3) is 10.9 Å². The SMILES string of the molecule is O=C(Cn1ccc(=O)c2ccc(Cl)cc21)N1CCN(C(c2ccccc2)c2ccccc2)CC1. The molecule has 0 spiro atoms. The Labute approximate surface area is 203 Å². The summed E-state index contributed by atoms with van der Waals surface area (Å²) in [7, 11) is 0. The summed E-state index contributed by atoms with van der Waals surface area (Å²) in [6, 6.07) is 27.9. The van der Waals surface area contributed by atoms with Crippen molar-refractivity contribution in [2.75, 3.05) is 26.2 Å². The largest absolute Gasteiger partial charge is 0.339 e. The van der Waals surface area contributed by atoms with E-state index in [9.17, 15) is 9.59 Å². The molecule has 3 aromatic carbocycles. The first kappa shape index (κ1) is 22.4. The number of hydrogen-bond acceptors (Lipinski definition) is 3. The van der Waals surface area contributed by atoms with Gasteiger partial charge in [0.1, 0.15) is 6.54 Å². The minimum Gasteiger partial charge on any atom is -0.339 e. The van der Waals surface area contributed by atoms with Crippen LogP contribution in [-0.4, -0.2) is 46.5 Å². The molecule has 172 valence electrons. The number of fused-ring (bicyclic) bond motifs is 1. The van der Waals surface area contributed by atoms with Gasteiger partial charge in [0.15, 0.2) is 5.43 Å². The molecule has 6 heteroatoms. The number of benzene rings is 3. The lowest BCUT2D eigenvalue weighted by Crippen LogP contribution is -2.50. The molecule has 0 N–H and O–H groups in total. The Hall–Kier alpha value is -3.41. The molecule has 0 saturated carbocycles. The number of carbonyl (C=O) groups excluding carboxylic acids is 1. The molecule has 1 aliphatic heterocycles. The van der Waals surface area contributed by atoms with E-state index >= 15 is 0 Å². The first-order valence-electron chi connectivity index (χ1n) is 11.5. The molecule has 1 aromatic heterocycles. The lowest BCUT2D eigenvalue weighted by atomic mass is 9.96. The van der Waals surface area contributed by atoms with Crippen molar-refractivity contribution in [2.45, 2.75) is 12.6 Å². The summed E-state index contributed by atoms with van der Waals surface area (Å²) in [6.45, 7) is 3.08. The monoisotopic (exact) mass is 471 g/mol. The number of halogens is 1. The third kappa shape index (κ3) is 4.63. The second-order valence-electron chi connectivity index (χ2n) is 8.61. The van der Waals surface area contributed by atoms with Crippen LogP contribution >= 0.6 is 11.6 Å². The van der Waals surface area contributed by atoms with Crippen LogP contribution < -0.4 is 5.43 Å². The second-order valence-corrected chi connectivity index (χ2v) is 9.05. The number of amides is 1. The highest BCUT2D eigenvalue weighted by atomic mass is 35.5. The Morgan fingerprint density at radius 1 is 0.824 bits per heavy atom. The molecule has 0 aliphatic carbocycles. The van der Waals surface area contributed by atoms with Gasteiger partial charge in [0.2, 0.25) is 5.91 Å². The summed E-state index contributed by atoms with van der Waals surface area (Å²) in [5.74, 6) is 0.0422. The molecular weight excluding hydrogens is 446 g/mol. The first-order chi connectivity index (χ1) is 16.6. The van der Waals surface area contributed by atoms with Gasteiger partial charge in [-0.25, -0.2) is 0 Å². The third-order valence-corrected chi connectivity index (χ3v) is 6.74. The summed E-state index contributed by atoms with van der Waals surface area (Å²) in [5.41, 5.74) is 3.12. The number of piperazine rings is 1. The normalized spacial score (nSPS) is 14.6. The van der Waals surface area contributed by atoms with Crippen LogP contribution in [0, 0.1) is 0 Å². The molecule has 1 aliphatic rings. The molecule has 5 nitrogen and oxygen atoms in total. The maximum absolute atomic E-state index is 13.2. The maximum atomic E-state index is 13.2. The zero-order chi connectivity index (χ0) is 23.5. The lowest BCUT2D eigenvalue weighted by Gasteiger charge is -2.40. The highest BCUT2D eigenvalue weighted by Crippen LogP contribution is 2.29. The Morgan fingerprint density at radius 2 is 1.44 bits per heavy atom. The van der Waals surface area contributed by atoms with Crippen molar-refractivity contribution in [3.63, 3.8) is 0 Å². The summed E-state index contributed by atoms with van der Waals surface area (Å²) in [5, 5.41) is 1.11. The van der Waals surface area contributed by atoms with E-state index in [0.29, 0.717) is 29.0 Å². The fraction of sp³-hybridized carbons (Fsp3) is 0.214. The Morgan fingerprint density at radius 3 is 2.06 bits per heavy atom. The van der Waals surface area contributed by atoms with Crippen molar-refractivity contribution in [3.8, 4) is 0 Å². The summed E-state index contributed by atoms with van der Waals surface area (Å²) in [6.07, 6.45) is 1.68. The first-order valence-corrected chi connectivity index (χ1v) is 11.9. The van der Waals surface area contributed by atoms with Gasteiger partial charge in [0, 0.05) is 48.9 Å². The second kappa shape index (κ2) is 9.84. The fourth-order valence-corrected chi connectivity index (χ4v) is 4.94. The standard InChI is InChI=1S/C28H26ClN3O2/c29-23-11-12-24-25(19-23)32(14-13-26(24)33)20-27(34)30-15-17-31(18-16-30)28(21-7-3-1-4-8-21)22-9-5-2-6-10-22/h1-14,19,28H,15-18,20H2. The van der Waals surface area contributed by atoms with Crippen LogP contribution in [0.1, 0.15) is 17.2 Å². The van der Waals surface area contributed by atoms with Crippen molar-refractivity contribution in [3.05, 3.63) is 117 Å². The number of hydrogen-bond donors (Lipinski definition) is 0. The highest BCUT2D eigenvalue weighted by Gasteiger charge is 2.28. The summed E-state index contributed by atoms with van der Waals surface area (Å²) >= 11 is 6.16. The highest BCUT2D eigenvalue weighted by molar-refractivity contribution is 6.31. The van der Waals surface area contributed by atoms with Crippen LogP contribution in [0.5, 0.6) is 0 Å². The van der Waals surface area contributed by atoms with E-state index in [0.717, 1.165) is 13.1 Å². The molecule has 0 unspecified atom stereocenters. The predicted octanol–water partition coefficient (Wildman–Crippen LogP) is 4.59. The number of aromatic nitrogens is 1. The van der Waals surface area contributed by atoms with Gasteiger partial charge >= 0.3 is 0 Å². The molecule has 4 aromatic rings. The molecule has 34 heavy (non-hydrogen) atoms. The van der Waals surface area contributed by atoms with E-state index in [-0.39, 0.29) is 23.9 Å². The third-order valence-electron chi connectivity index (χ3n) is 6.51. The zero-order valence-electron chi connectivity index (χ0n) is 18.8. The van der Waals surface area contributed by atoms with E-state index < -0.39 is 0 Å². The smallest absolute Gasteiger partial charge is 0.242 e. The van der Waals surface area contributed by atoms with Crippen molar-refractivity contribution in [1.29, 1.82) is 0 Å². The number of rotatable bonds is 5.